The second-order valence-corrected chi connectivity index (χ2v) is 9.34. The Morgan fingerprint density at radius 1 is 1.04 bits per heavy atom. The van der Waals surface area contributed by atoms with Crippen molar-refractivity contribution >= 4 is 21.6 Å². The van der Waals surface area contributed by atoms with Crippen LogP contribution in [0.1, 0.15) is 36.2 Å². The molecule has 2 atom stereocenters. The molecule has 1 aliphatic heterocycles. The third-order valence-electron chi connectivity index (χ3n) is 4.85. The molecule has 0 aliphatic carbocycles. The lowest BCUT2D eigenvalue weighted by Crippen LogP contribution is -2.42. The highest BCUT2D eigenvalue weighted by Crippen LogP contribution is 2.24. The van der Waals surface area contributed by atoms with Crippen molar-refractivity contribution in [1.29, 1.82) is 0 Å². The first-order chi connectivity index (χ1) is 12.7. The number of rotatable bonds is 4. The first-order valence-electron chi connectivity index (χ1n) is 9.23. The molecule has 144 valence electrons. The number of hydrogen-bond donors (Lipinski definition) is 1. The van der Waals surface area contributed by atoms with Gasteiger partial charge in [0.25, 0.3) is 15.9 Å². The first kappa shape index (κ1) is 19.4. The van der Waals surface area contributed by atoms with Gasteiger partial charge in [-0.25, -0.2) is 8.42 Å². The number of piperidine rings is 1. The molecule has 1 N–H and O–H groups in total. The number of anilines is 1. The standard InChI is InChI=1S/C21H26N2O3S/c1-15-7-9-19(10-8-15)22-27(25,26)20-6-4-5-18(12-20)21(24)23-13-16(2)11-17(3)14-23/h4-10,12,16-17,22H,11,13-14H2,1-3H3/t16-,17-/m0/s1. The lowest BCUT2D eigenvalue weighted by molar-refractivity contribution is 0.0623. The third kappa shape index (κ3) is 4.69. The maximum atomic E-state index is 12.9. The van der Waals surface area contributed by atoms with Gasteiger partial charge in [-0.05, 0) is 55.5 Å². The molecule has 0 saturated carbocycles. The van der Waals surface area contributed by atoms with Crippen LogP contribution in [0.15, 0.2) is 53.4 Å². The highest BCUT2D eigenvalue weighted by molar-refractivity contribution is 7.92. The predicted molar refractivity (Wildman–Crippen MR) is 107 cm³/mol. The van der Waals surface area contributed by atoms with Crippen molar-refractivity contribution in [2.24, 2.45) is 11.8 Å². The fourth-order valence-corrected chi connectivity index (χ4v) is 4.75. The molecule has 1 heterocycles. The Morgan fingerprint density at radius 3 is 2.30 bits per heavy atom. The normalized spacial score (nSPS) is 20.3. The largest absolute Gasteiger partial charge is 0.338 e. The van der Waals surface area contributed by atoms with E-state index in [1.807, 2.05) is 24.0 Å². The number of aryl methyl sites for hydroxylation is 1. The van der Waals surface area contributed by atoms with Crippen LogP contribution in [-0.2, 0) is 10.0 Å². The summed E-state index contributed by atoms with van der Waals surface area (Å²) >= 11 is 0. The molecule has 0 bridgehead atoms. The molecule has 0 radical (unpaired) electrons. The van der Waals surface area contributed by atoms with Gasteiger partial charge in [0.2, 0.25) is 0 Å². The number of carbonyl (C=O) groups is 1. The second kappa shape index (κ2) is 7.72. The number of nitrogens with zero attached hydrogens (tertiary/aromatic N) is 1. The summed E-state index contributed by atoms with van der Waals surface area (Å²) in [6.07, 6.45) is 1.11. The molecule has 2 aromatic rings. The summed E-state index contributed by atoms with van der Waals surface area (Å²) in [5.74, 6) is 0.793. The fraction of sp³-hybridized carbons (Fsp3) is 0.381. The highest BCUT2D eigenvalue weighted by Gasteiger charge is 2.27. The number of hydrogen-bond acceptors (Lipinski definition) is 3. The van der Waals surface area contributed by atoms with E-state index in [0.717, 1.165) is 12.0 Å². The second-order valence-electron chi connectivity index (χ2n) is 7.66. The molecular formula is C21H26N2O3S. The Hall–Kier alpha value is -2.34. The van der Waals surface area contributed by atoms with Crippen molar-refractivity contribution in [2.45, 2.75) is 32.1 Å². The minimum absolute atomic E-state index is 0.0898. The minimum atomic E-state index is -3.76. The van der Waals surface area contributed by atoms with Gasteiger partial charge in [0, 0.05) is 24.3 Å². The molecule has 0 unspecified atom stereocenters. The van der Waals surface area contributed by atoms with E-state index in [0.29, 0.717) is 36.2 Å². The fourth-order valence-electron chi connectivity index (χ4n) is 3.64. The van der Waals surface area contributed by atoms with E-state index in [-0.39, 0.29) is 10.8 Å². The van der Waals surface area contributed by atoms with E-state index in [4.69, 9.17) is 0 Å². The van der Waals surface area contributed by atoms with Crippen LogP contribution in [-0.4, -0.2) is 32.3 Å². The van der Waals surface area contributed by atoms with Gasteiger partial charge in [-0.3, -0.25) is 9.52 Å². The summed E-state index contributed by atoms with van der Waals surface area (Å²) in [5, 5.41) is 0. The van der Waals surface area contributed by atoms with Crippen molar-refractivity contribution in [3.8, 4) is 0 Å². The number of sulfonamides is 1. The molecule has 3 rings (SSSR count). The van der Waals surface area contributed by atoms with Crippen LogP contribution in [0.25, 0.3) is 0 Å². The smallest absolute Gasteiger partial charge is 0.261 e. The number of nitrogens with one attached hydrogen (secondary N) is 1. The van der Waals surface area contributed by atoms with Gasteiger partial charge in [-0.15, -0.1) is 0 Å². The lowest BCUT2D eigenvalue weighted by atomic mass is 9.91. The molecule has 0 spiro atoms. The van der Waals surface area contributed by atoms with Gasteiger partial charge in [-0.2, -0.15) is 0 Å². The molecule has 2 aromatic carbocycles. The molecule has 1 saturated heterocycles. The van der Waals surface area contributed by atoms with Crippen LogP contribution in [0.5, 0.6) is 0 Å². The zero-order valence-electron chi connectivity index (χ0n) is 16.0. The molecule has 27 heavy (non-hydrogen) atoms. The van der Waals surface area contributed by atoms with Crippen molar-refractivity contribution in [3.05, 3.63) is 59.7 Å². The van der Waals surface area contributed by atoms with E-state index >= 15 is 0 Å². The van der Waals surface area contributed by atoms with Gasteiger partial charge in [-0.1, -0.05) is 37.6 Å². The average Bonchev–Trinajstić information content (AvgIpc) is 2.62. The number of likely N-dealkylation sites (tertiary alicyclic amines) is 1. The Morgan fingerprint density at radius 2 is 1.67 bits per heavy atom. The van der Waals surface area contributed by atoms with E-state index in [9.17, 15) is 13.2 Å². The van der Waals surface area contributed by atoms with Gasteiger partial charge < -0.3 is 4.90 Å². The van der Waals surface area contributed by atoms with Crippen LogP contribution in [0.4, 0.5) is 5.69 Å². The Kier molecular flexibility index (Phi) is 5.56. The van der Waals surface area contributed by atoms with Gasteiger partial charge in [0.1, 0.15) is 0 Å². The Labute approximate surface area is 161 Å². The van der Waals surface area contributed by atoms with Crippen molar-refractivity contribution in [1.82, 2.24) is 4.90 Å². The molecule has 0 aromatic heterocycles. The maximum absolute atomic E-state index is 12.9. The van der Waals surface area contributed by atoms with Crippen LogP contribution in [0, 0.1) is 18.8 Å². The summed E-state index contributed by atoms with van der Waals surface area (Å²) in [7, 11) is -3.76. The number of amides is 1. The first-order valence-corrected chi connectivity index (χ1v) is 10.7. The van der Waals surface area contributed by atoms with Crippen LogP contribution in [0.2, 0.25) is 0 Å². The summed E-state index contributed by atoms with van der Waals surface area (Å²) in [5.41, 5.74) is 1.95. The van der Waals surface area contributed by atoms with Crippen LogP contribution < -0.4 is 4.72 Å². The monoisotopic (exact) mass is 386 g/mol. The zero-order valence-corrected chi connectivity index (χ0v) is 16.8. The summed E-state index contributed by atoms with van der Waals surface area (Å²) in [4.78, 5) is 14.8. The molecule has 1 aliphatic rings. The Bertz CT molecular complexity index is 913. The molecule has 6 heteroatoms. The van der Waals surface area contributed by atoms with Crippen molar-refractivity contribution in [2.75, 3.05) is 17.8 Å². The van der Waals surface area contributed by atoms with E-state index in [1.165, 1.54) is 12.1 Å². The quantitative estimate of drug-likeness (QED) is 0.866. The zero-order chi connectivity index (χ0) is 19.6. The molecule has 1 amide bonds. The topological polar surface area (TPSA) is 66.5 Å². The lowest BCUT2D eigenvalue weighted by Gasteiger charge is -2.35. The highest BCUT2D eigenvalue weighted by atomic mass is 32.2. The van der Waals surface area contributed by atoms with Gasteiger partial charge in [0.15, 0.2) is 0 Å². The van der Waals surface area contributed by atoms with Gasteiger partial charge >= 0.3 is 0 Å². The van der Waals surface area contributed by atoms with Crippen molar-refractivity contribution < 1.29 is 13.2 Å². The molecule has 1 fully saturated rings. The molecular weight excluding hydrogens is 360 g/mol. The minimum Gasteiger partial charge on any atom is -0.338 e. The van der Waals surface area contributed by atoms with Gasteiger partial charge in [0.05, 0.1) is 4.90 Å². The maximum Gasteiger partial charge on any atom is 0.261 e. The summed E-state index contributed by atoms with van der Waals surface area (Å²) in [6, 6.07) is 13.4. The van der Waals surface area contributed by atoms with E-state index in [2.05, 4.69) is 18.6 Å². The van der Waals surface area contributed by atoms with Crippen LogP contribution in [0.3, 0.4) is 0 Å². The van der Waals surface area contributed by atoms with Crippen molar-refractivity contribution in [3.63, 3.8) is 0 Å². The third-order valence-corrected chi connectivity index (χ3v) is 6.23. The Balaban J connectivity index is 1.82. The summed E-state index contributed by atoms with van der Waals surface area (Å²) < 4.78 is 28.0. The number of benzene rings is 2. The average molecular weight is 387 g/mol. The van der Waals surface area contributed by atoms with E-state index < -0.39 is 10.0 Å². The molecule has 5 nitrogen and oxygen atoms in total. The predicted octanol–water partition coefficient (Wildman–Crippen LogP) is 3.91. The van der Waals surface area contributed by atoms with E-state index in [1.54, 1.807) is 24.3 Å². The SMILES string of the molecule is Cc1ccc(NS(=O)(=O)c2cccc(C(=O)N3C[C@@H](C)C[C@H](C)C3)c2)cc1. The number of carbonyl (C=O) groups excluding carboxylic acids is 1. The van der Waals surface area contributed by atoms with Crippen LogP contribution >= 0.6 is 0 Å². The summed E-state index contributed by atoms with van der Waals surface area (Å²) in [6.45, 7) is 7.64.